The minimum absolute atomic E-state index is 0.580. The molecule has 1 rings (SSSR count). The van der Waals surface area contributed by atoms with E-state index in [9.17, 15) is 0 Å². The molecule has 0 unspecified atom stereocenters. The van der Waals surface area contributed by atoms with Gasteiger partial charge in [0.1, 0.15) is 0 Å². The third kappa shape index (κ3) is 2.54. The zero-order valence-electron chi connectivity index (χ0n) is 10.6. The molecule has 0 heterocycles. The molecule has 0 aliphatic heterocycles. The van der Waals surface area contributed by atoms with Crippen LogP contribution in [0.4, 0.5) is 5.69 Å². The highest BCUT2D eigenvalue weighted by Gasteiger charge is 2.11. The monoisotopic (exact) mass is 221 g/mol. The Kier molecular flexibility index (Phi) is 4.77. The van der Waals surface area contributed by atoms with Gasteiger partial charge in [0, 0.05) is 32.9 Å². The van der Waals surface area contributed by atoms with Crippen LogP contribution in [0.25, 0.3) is 0 Å². The lowest BCUT2D eigenvalue weighted by Gasteiger charge is -2.22. The van der Waals surface area contributed by atoms with Crippen LogP contribution in [0.15, 0.2) is 12.1 Å². The van der Waals surface area contributed by atoms with E-state index in [2.05, 4.69) is 24.0 Å². The SMILES string of the molecule is CCCc1c(CN)ccc(N(C)C)c1CN. The van der Waals surface area contributed by atoms with Gasteiger partial charge >= 0.3 is 0 Å². The van der Waals surface area contributed by atoms with Crippen LogP contribution in [-0.4, -0.2) is 14.1 Å². The summed E-state index contributed by atoms with van der Waals surface area (Å²) in [6, 6.07) is 4.24. The highest BCUT2D eigenvalue weighted by molar-refractivity contribution is 5.58. The fraction of sp³-hybridized carbons (Fsp3) is 0.538. The van der Waals surface area contributed by atoms with Crippen molar-refractivity contribution >= 4 is 5.69 Å². The summed E-state index contributed by atoms with van der Waals surface area (Å²) in [6.45, 7) is 3.36. The van der Waals surface area contributed by atoms with Gasteiger partial charge in [0.05, 0.1) is 0 Å². The van der Waals surface area contributed by atoms with E-state index in [4.69, 9.17) is 11.5 Å². The maximum absolute atomic E-state index is 5.88. The van der Waals surface area contributed by atoms with E-state index in [0.717, 1.165) is 12.8 Å². The van der Waals surface area contributed by atoms with Gasteiger partial charge in [-0.05, 0) is 29.2 Å². The van der Waals surface area contributed by atoms with E-state index >= 15 is 0 Å². The molecule has 0 spiro atoms. The topological polar surface area (TPSA) is 55.3 Å². The largest absolute Gasteiger partial charge is 0.377 e. The maximum Gasteiger partial charge on any atom is 0.0409 e. The van der Waals surface area contributed by atoms with Gasteiger partial charge in [-0.1, -0.05) is 19.4 Å². The molecule has 0 aromatic heterocycles. The van der Waals surface area contributed by atoms with Crippen LogP contribution in [0.2, 0.25) is 0 Å². The molecular weight excluding hydrogens is 198 g/mol. The molecule has 3 nitrogen and oxygen atoms in total. The summed E-state index contributed by atoms with van der Waals surface area (Å²) >= 11 is 0. The zero-order chi connectivity index (χ0) is 12.1. The average molecular weight is 221 g/mol. The lowest BCUT2D eigenvalue weighted by molar-refractivity contribution is 0.861. The van der Waals surface area contributed by atoms with Crippen molar-refractivity contribution in [2.75, 3.05) is 19.0 Å². The Labute approximate surface area is 98.4 Å². The molecule has 0 saturated carbocycles. The van der Waals surface area contributed by atoms with Crippen LogP contribution in [0, 0.1) is 0 Å². The number of anilines is 1. The second-order valence-electron chi connectivity index (χ2n) is 4.25. The van der Waals surface area contributed by atoms with Crippen LogP contribution in [0.5, 0.6) is 0 Å². The molecule has 0 aliphatic carbocycles. The summed E-state index contributed by atoms with van der Waals surface area (Å²) in [5.41, 5.74) is 16.7. The van der Waals surface area contributed by atoms with Crippen LogP contribution in [0.1, 0.15) is 30.0 Å². The van der Waals surface area contributed by atoms with Crippen molar-refractivity contribution in [3.05, 3.63) is 28.8 Å². The van der Waals surface area contributed by atoms with E-state index in [0.29, 0.717) is 13.1 Å². The van der Waals surface area contributed by atoms with Crippen molar-refractivity contribution in [1.82, 2.24) is 0 Å². The molecule has 0 amide bonds. The predicted molar refractivity (Wildman–Crippen MR) is 70.5 cm³/mol. The quantitative estimate of drug-likeness (QED) is 0.794. The minimum Gasteiger partial charge on any atom is -0.377 e. The van der Waals surface area contributed by atoms with Gasteiger partial charge < -0.3 is 16.4 Å². The molecule has 0 saturated heterocycles. The number of rotatable bonds is 5. The summed E-state index contributed by atoms with van der Waals surface area (Å²) in [7, 11) is 4.10. The molecule has 3 heteroatoms. The Balaban J connectivity index is 3.31. The number of nitrogens with zero attached hydrogens (tertiary/aromatic N) is 1. The van der Waals surface area contributed by atoms with E-state index in [1.165, 1.54) is 22.4 Å². The molecule has 4 N–H and O–H groups in total. The van der Waals surface area contributed by atoms with Crippen molar-refractivity contribution in [2.45, 2.75) is 32.9 Å². The van der Waals surface area contributed by atoms with Gasteiger partial charge in [0.2, 0.25) is 0 Å². The number of hydrogen-bond donors (Lipinski definition) is 2. The van der Waals surface area contributed by atoms with Crippen LogP contribution in [-0.2, 0) is 19.5 Å². The molecular formula is C13H23N3. The molecule has 0 fully saturated rings. The smallest absolute Gasteiger partial charge is 0.0409 e. The Morgan fingerprint density at radius 2 is 1.75 bits per heavy atom. The molecule has 0 atom stereocenters. The molecule has 16 heavy (non-hydrogen) atoms. The minimum atomic E-state index is 0.580. The van der Waals surface area contributed by atoms with Gasteiger partial charge in [0.25, 0.3) is 0 Å². The lowest BCUT2D eigenvalue weighted by atomic mass is 9.95. The molecule has 0 aliphatic rings. The van der Waals surface area contributed by atoms with E-state index in [1.807, 2.05) is 14.1 Å². The van der Waals surface area contributed by atoms with Gasteiger partial charge in [-0.25, -0.2) is 0 Å². The Morgan fingerprint density at radius 1 is 1.06 bits per heavy atom. The molecule has 0 radical (unpaired) electrons. The van der Waals surface area contributed by atoms with Gasteiger partial charge in [-0.3, -0.25) is 0 Å². The van der Waals surface area contributed by atoms with Crippen LogP contribution >= 0.6 is 0 Å². The summed E-state index contributed by atoms with van der Waals surface area (Å²) in [5.74, 6) is 0. The lowest BCUT2D eigenvalue weighted by Crippen LogP contribution is -2.17. The highest BCUT2D eigenvalue weighted by atomic mass is 15.1. The Hall–Kier alpha value is -1.06. The Morgan fingerprint density at radius 3 is 2.19 bits per heavy atom. The fourth-order valence-electron chi connectivity index (χ4n) is 2.13. The van der Waals surface area contributed by atoms with E-state index < -0.39 is 0 Å². The summed E-state index contributed by atoms with van der Waals surface area (Å²) < 4.78 is 0. The Bertz CT molecular complexity index is 345. The predicted octanol–water partition coefficient (Wildman–Crippen LogP) is 1.62. The van der Waals surface area contributed by atoms with Crippen molar-refractivity contribution < 1.29 is 0 Å². The summed E-state index contributed by atoms with van der Waals surface area (Å²) in [6.07, 6.45) is 2.18. The average Bonchev–Trinajstić information content (AvgIpc) is 2.28. The van der Waals surface area contributed by atoms with E-state index in [1.54, 1.807) is 0 Å². The second kappa shape index (κ2) is 5.87. The van der Waals surface area contributed by atoms with Gasteiger partial charge in [-0.2, -0.15) is 0 Å². The summed E-state index contributed by atoms with van der Waals surface area (Å²) in [4.78, 5) is 2.11. The fourth-order valence-corrected chi connectivity index (χ4v) is 2.13. The number of nitrogens with two attached hydrogens (primary N) is 2. The number of benzene rings is 1. The van der Waals surface area contributed by atoms with Crippen molar-refractivity contribution in [1.29, 1.82) is 0 Å². The highest BCUT2D eigenvalue weighted by Crippen LogP contribution is 2.26. The van der Waals surface area contributed by atoms with Crippen LogP contribution in [0.3, 0.4) is 0 Å². The molecule has 90 valence electrons. The first-order chi connectivity index (χ1) is 7.65. The first kappa shape index (κ1) is 13.0. The maximum atomic E-state index is 5.88. The molecule has 0 bridgehead atoms. The number of hydrogen-bond acceptors (Lipinski definition) is 3. The van der Waals surface area contributed by atoms with Gasteiger partial charge in [0.15, 0.2) is 0 Å². The third-order valence-electron chi connectivity index (χ3n) is 2.91. The zero-order valence-corrected chi connectivity index (χ0v) is 10.6. The first-order valence-corrected chi connectivity index (χ1v) is 5.86. The normalized spacial score (nSPS) is 10.6. The van der Waals surface area contributed by atoms with Gasteiger partial charge in [-0.15, -0.1) is 0 Å². The first-order valence-electron chi connectivity index (χ1n) is 5.86. The standard InChI is InChI=1S/C13H23N3/c1-4-5-11-10(8-14)6-7-13(16(2)3)12(11)9-15/h6-7H,4-5,8-9,14-15H2,1-3H3. The van der Waals surface area contributed by atoms with Crippen molar-refractivity contribution in [2.24, 2.45) is 11.5 Å². The molecule has 1 aromatic carbocycles. The second-order valence-corrected chi connectivity index (χ2v) is 4.25. The third-order valence-corrected chi connectivity index (χ3v) is 2.91. The molecule has 1 aromatic rings. The summed E-state index contributed by atoms with van der Waals surface area (Å²) in [5, 5.41) is 0. The van der Waals surface area contributed by atoms with Crippen LogP contribution < -0.4 is 16.4 Å². The van der Waals surface area contributed by atoms with Crippen molar-refractivity contribution in [3.63, 3.8) is 0 Å². The van der Waals surface area contributed by atoms with E-state index in [-0.39, 0.29) is 0 Å². The van der Waals surface area contributed by atoms with Crippen molar-refractivity contribution in [3.8, 4) is 0 Å².